The molecule has 2 N–H and O–H groups in total. The molecule has 2 heterocycles. The summed E-state index contributed by atoms with van der Waals surface area (Å²) in [6.45, 7) is 0.906. The lowest BCUT2D eigenvalue weighted by Crippen LogP contribution is -2.06. The van der Waals surface area contributed by atoms with Gasteiger partial charge in [0.2, 0.25) is 0 Å². The highest BCUT2D eigenvalue weighted by Crippen LogP contribution is 2.23. The smallest absolute Gasteiger partial charge is 0.182 e. The Kier molecular flexibility index (Phi) is 4.62. The minimum atomic E-state index is 0.449. The van der Waals surface area contributed by atoms with Crippen LogP contribution in [0.25, 0.3) is 11.2 Å². The number of anilines is 1. The lowest BCUT2D eigenvalue weighted by molar-refractivity contribution is 0.303. The van der Waals surface area contributed by atoms with Crippen molar-refractivity contribution in [2.24, 2.45) is 0 Å². The zero-order valence-electron chi connectivity index (χ0n) is 14.4. The van der Waals surface area contributed by atoms with Gasteiger partial charge in [-0.2, -0.15) is 5.26 Å². The molecule has 0 saturated heterocycles. The lowest BCUT2D eigenvalue weighted by Gasteiger charge is -2.13. The summed E-state index contributed by atoms with van der Waals surface area (Å²) in [4.78, 5) is 15.5. The van der Waals surface area contributed by atoms with E-state index >= 15 is 0 Å². The number of nitriles is 1. The van der Waals surface area contributed by atoms with E-state index in [2.05, 4.69) is 31.3 Å². The molecule has 2 aromatic carbocycles. The third-order valence-electron chi connectivity index (χ3n) is 4.10. The van der Waals surface area contributed by atoms with Crippen molar-refractivity contribution >= 4 is 17.0 Å². The molecule has 0 aliphatic rings. The van der Waals surface area contributed by atoms with E-state index in [4.69, 9.17) is 4.74 Å². The summed E-state index contributed by atoms with van der Waals surface area (Å²) in [5.74, 6) is 1.37. The summed E-state index contributed by atoms with van der Waals surface area (Å²) < 4.78 is 5.98. The van der Waals surface area contributed by atoms with Gasteiger partial charge >= 0.3 is 0 Å². The van der Waals surface area contributed by atoms with Crippen LogP contribution in [0.2, 0.25) is 0 Å². The van der Waals surface area contributed by atoms with Crippen LogP contribution in [0.15, 0.2) is 61.2 Å². The van der Waals surface area contributed by atoms with Crippen molar-refractivity contribution in [1.82, 2.24) is 19.9 Å². The average molecular weight is 356 g/mol. The molecule has 0 bridgehead atoms. The molecule has 0 atom stereocenters. The van der Waals surface area contributed by atoms with Crippen LogP contribution in [0.1, 0.15) is 16.7 Å². The molecule has 2 aromatic heterocycles. The van der Waals surface area contributed by atoms with Crippen LogP contribution in [0.4, 0.5) is 5.82 Å². The van der Waals surface area contributed by atoms with E-state index < -0.39 is 0 Å². The van der Waals surface area contributed by atoms with Crippen LogP contribution in [-0.2, 0) is 13.2 Å². The molecular weight excluding hydrogens is 340 g/mol. The first-order chi connectivity index (χ1) is 13.3. The van der Waals surface area contributed by atoms with Gasteiger partial charge in [-0.05, 0) is 23.8 Å². The normalized spacial score (nSPS) is 10.5. The standard InChI is InChI=1S/C20H16N6O/c21-9-15-6-7-17(27-11-14-4-2-1-3-5-14)16(8-15)10-22-19-18-20(24-12-23-18)26-13-25-19/h1-8,12-13H,10-11H2,(H2,22,23,24,25,26). The Balaban J connectivity index is 1.55. The summed E-state index contributed by atoms with van der Waals surface area (Å²) in [5.41, 5.74) is 3.86. The number of aromatic amines is 1. The van der Waals surface area contributed by atoms with E-state index in [1.54, 1.807) is 12.4 Å². The van der Waals surface area contributed by atoms with Crippen LogP contribution >= 0.6 is 0 Å². The highest BCUT2D eigenvalue weighted by Gasteiger charge is 2.09. The van der Waals surface area contributed by atoms with E-state index in [1.165, 1.54) is 6.33 Å². The van der Waals surface area contributed by atoms with Crippen molar-refractivity contribution in [1.29, 1.82) is 5.26 Å². The number of ether oxygens (including phenoxy) is 1. The Bertz CT molecular complexity index is 1100. The molecule has 132 valence electrons. The largest absolute Gasteiger partial charge is 0.489 e. The van der Waals surface area contributed by atoms with Crippen molar-refractivity contribution in [3.63, 3.8) is 0 Å². The van der Waals surface area contributed by atoms with Gasteiger partial charge in [-0.15, -0.1) is 0 Å². The van der Waals surface area contributed by atoms with Gasteiger partial charge in [0.25, 0.3) is 0 Å². The van der Waals surface area contributed by atoms with Gasteiger partial charge < -0.3 is 15.0 Å². The Morgan fingerprint density at radius 3 is 2.81 bits per heavy atom. The van der Waals surface area contributed by atoms with Gasteiger partial charge in [0, 0.05) is 12.1 Å². The SMILES string of the molecule is N#Cc1ccc(OCc2ccccc2)c(CNc2ncnc3nc[nH]c23)c1. The third kappa shape index (κ3) is 3.70. The molecule has 4 rings (SSSR count). The molecule has 0 fully saturated rings. The quantitative estimate of drug-likeness (QED) is 0.549. The van der Waals surface area contributed by atoms with Crippen molar-refractivity contribution in [2.75, 3.05) is 5.32 Å². The minimum Gasteiger partial charge on any atom is -0.489 e. The van der Waals surface area contributed by atoms with Crippen LogP contribution < -0.4 is 10.1 Å². The maximum atomic E-state index is 9.21. The highest BCUT2D eigenvalue weighted by atomic mass is 16.5. The summed E-state index contributed by atoms with van der Waals surface area (Å²) in [7, 11) is 0. The molecule has 7 heteroatoms. The van der Waals surface area contributed by atoms with Crippen molar-refractivity contribution in [3.8, 4) is 11.8 Å². The minimum absolute atomic E-state index is 0.449. The number of imidazole rings is 1. The summed E-state index contributed by atoms with van der Waals surface area (Å²) in [5, 5.41) is 12.5. The fourth-order valence-corrected chi connectivity index (χ4v) is 2.74. The third-order valence-corrected chi connectivity index (χ3v) is 4.10. The van der Waals surface area contributed by atoms with E-state index in [-0.39, 0.29) is 0 Å². The van der Waals surface area contributed by atoms with E-state index in [9.17, 15) is 5.26 Å². The monoisotopic (exact) mass is 356 g/mol. The molecule has 7 nitrogen and oxygen atoms in total. The molecule has 0 aliphatic carbocycles. The van der Waals surface area contributed by atoms with Crippen molar-refractivity contribution < 1.29 is 4.74 Å². The Morgan fingerprint density at radius 2 is 1.96 bits per heavy atom. The molecular formula is C20H16N6O. The molecule has 0 unspecified atom stereocenters. The fraction of sp³-hybridized carbons (Fsp3) is 0.100. The van der Waals surface area contributed by atoms with Crippen LogP contribution in [-0.4, -0.2) is 19.9 Å². The average Bonchev–Trinajstić information content (AvgIpc) is 3.21. The molecule has 0 aliphatic heterocycles. The molecule has 0 saturated carbocycles. The van der Waals surface area contributed by atoms with Gasteiger partial charge in [0.1, 0.15) is 24.2 Å². The number of hydrogen-bond donors (Lipinski definition) is 2. The lowest BCUT2D eigenvalue weighted by atomic mass is 10.1. The number of benzene rings is 2. The Morgan fingerprint density at radius 1 is 1.07 bits per heavy atom. The number of rotatable bonds is 6. The van der Waals surface area contributed by atoms with E-state index in [0.29, 0.717) is 30.2 Å². The highest BCUT2D eigenvalue weighted by molar-refractivity contribution is 5.81. The maximum absolute atomic E-state index is 9.21. The maximum Gasteiger partial charge on any atom is 0.182 e. The molecule has 0 radical (unpaired) electrons. The van der Waals surface area contributed by atoms with Crippen LogP contribution in [0.5, 0.6) is 5.75 Å². The number of fused-ring (bicyclic) bond motifs is 1. The van der Waals surface area contributed by atoms with Gasteiger partial charge in [-0.3, -0.25) is 0 Å². The van der Waals surface area contributed by atoms with Gasteiger partial charge in [0.15, 0.2) is 11.5 Å². The first-order valence-electron chi connectivity index (χ1n) is 8.41. The summed E-state index contributed by atoms with van der Waals surface area (Å²) >= 11 is 0. The molecule has 0 spiro atoms. The van der Waals surface area contributed by atoms with Crippen LogP contribution in [0.3, 0.4) is 0 Å². The van der Waals surface area contributed by atoms with E-state index in [0.717, 1.165) is 22.4 Å². The second kappa shape index (κ2) is 7.54. The van der Waals surface area contributed by atoms with Crippen LogP contribution in [0, 0.1) is 11.3 Å². The first kappa shape index (κ1) is 16.5. The predicted octanol–water partition coefficient (Wildman–Crippen LogP) is 3.42. The Labute approximate surface area is 155 Å². The second-order valence-electron chi connectivity index (χ2n) is 5.89. The predicted molar refractivity (Wildman–Crippen MR) is 101 cm³/mol. The number of aromatic nitrogens is 4. The number of H-pyrrole nitrogens is 1. The van der Waals surface area contributed by atoms with E-state index in [1.807, 2.05) is 42.5 Å². The molecule has 0 amide bonds. The zero-order valence-corrected chi connectivity index (χ0v) is 14.4. The Hall–Kier alpha value is -3.92. The van der Waals surface area contributed by atoms with Crippen molar-refractivity contribution in [3.05, 3.63) is 77.9 Å². The van der Waals surface area contributed by atoms with Gasteiger partial charge in [-0.1, -0.05) is 30.3 Å². The second-order valence-corrected chi connectivity index (χ2v) is 5.89. The van der Waals surface area contributed by atoms with Gasteiger partial charge in [0.05, 0.1) is 18.0 Å². The number of nitrogens with zero attached hydrogens (tertiary/aromatic N) is 4. The molecule has 4 aromatic rings. The fourth-order valence-electron chi connectivity index (χ4n) is 2.74. The topological polar surface area (TPSA) is 99.5 Å². The van der Waals surface area contributed by atoms with Crippen molar-refractivity contribution in [2.45, 2.75) is 13.2 Å². The summed E-state index contributed by atoms with van der Waals surface area (Å²) in [6.07, 6.45) is 3.04. The van der Waals surface area contributed by atoms with Gasteiger partial charge in [-0.25, -0.2) is 15.0 Å². The first-order valence-corrected chi connectivity index (χ1v) is 8.41. The molecule has 27 heavy (non-hydrogen) atoms. The summed E-state index contributed by atoms with van der Waals surface area (Å²) in [6, 6.07) is 17.5. The number of nitrogens with one attached hydrogen (secondary N) is 2. The zero-order chi connectivity index (χ0) is 18.5. The number of hydrogen-bond acceptors (Lipinski definition) is 6.